The highest BCUT2D eigenvalue weighted by molar-refractivity contribution is 5.95. The summed E-state index contributed by atoms with van der Waals surface area (Å²) in [6.45, 7) is 15.7. The Morgan fingerprint density at radius 2 is 1.75 bits per heavy atom. The summed E-state index contributed by atoms with van der Waals surface area (Å²) in [5.74, 6) is 2.41. The number of carbonyl (C=O) groups is 2. The second-order valence-corrected chi connectivity index (χ2v) is 15.7. The molecule has 0 amide bonds. The molecule has 0 bridgehead atoms. The number of rotatable bonds is 2. The molecule has 3 saturated carbocycles. The van der Waals surface area contributed by atoms with Gasteiger partial charge in [-0.15, -0.1) is 10.2 Å². The molecule has 7 nitrogen and oxygen atoms in total. The Labute approximate surface area is 236 Å². The maximum Gasteiger partial charge on any atom is 0.222 e. The van der Waals surface area contributed by atoms with Gasteiger partial charge < -0.3 is 13.7 Å². The molecule has 0 aromatic carbocycles. The van der Waals surface area contributed by atoms with E-state index in [4.69, 9.17) is 8.94 Å². The minimum atomic E-state index is -0.757. The van der Waals surface area contributed by atoms with Gasteiger partial charge in [-0.1, -0.05) is 45.3 Å². The van der Waals surface area contributed by atoms with E-state index in [0.717, 1.165) is 69.1 Å². The lowest BCUT2D eigenvalue weighted by Crippen LogP contribution is -2.66. The fraction of sp³-hybridized carbons (Fsp3) is 0.727. The second kappa shape index (κ2) is 7.83. The lowest BCUT2D eigenvalue weighted by Gasteiger charge is -2.69. The molecule has 0 N–H and O–H groups in total. The molecule has 0 radical (unpaired) electrons. The van der Waals surface area contributed by atoms with Gasteiger partial charge >= 0.3 is 0 Å². The van der Waals surface area contributed by atoms with Crippen LogP contribution in [0.25, 0.3) is 0 Å². The van der Waals surface area contributed by atoms with E-state index < -0.39 is 5.41 Å². The highest BCUT2D eigenvalue weighted by Crippen LogP contribution is 2.74. The number of aromatic nitrogens is 3. The Balaban J connectivity index is 1.39. The van der Waals surface area contributed by atoms with Crippen LogP contribution in [0, 0.1) is 46.3 Å². The Kier molecular flexibility index (Phi) is 5.15. The third kappa shape index (κ3) is 2.99. The number of carbonyl (C=O) groups excluding carboxylic acids is 2. The molecule has 0 spiro atoms. The van der Waals surface area contributed by atoms with Crippen molar-refractivity contribution in [3.8, 4) is 0 Å². The minimum absolute atomic E-state index is 0.0582. The Hall–Kier alpha value is -2.57. The Bertz CT molecular complexity index is 1450. The van der Waals surface area contributed by atoms with Crippen LogP contribution in [0.3, 0.4) is 0 Å². The Morgan fingerprint density at radius 1 is 1.00 bits per heavy atom. The SMILES string of the molecule is Cc1nnc([C@]23CCC(C)(C)C[C@H]2[C@H]2C(=O)C=C4[C@@]5(C)Cc6cnoc6[C@@](C)(C=O)C5CC[C@@]4(C)[C@]2(C)CC3)o1. The van der Waals surface area contributed by atoms with Gasteiger partial charge in [-0.2, -0.15) is 0 Å². The summed E-state index contributed by atoms with van der Waals surface area (Å²) in [6, 6.07) is 0. The van der Waals surface area contributed by atoms with Crippen molar-refractivity contribution in [3.63, 3.8) is 0 Å². The second-order valence-electron chi connectivity index (χ2n) is 15.7. The Morgan fingerprint density at radius 3 is 2.45 bits per heavy atom. The normalized spacial score (nSPS) is 45.3. The van der Waals surface area contributed by atoms with Gasteiger partial charge in [-0.3, -0.25) is 4.79 Å². The molecule has 1 unspecified atom stereocenters. The van der Waals surface area contributed by atoms with Crippen LogP contribution in [0.2, 0.25) is 0 Å². The van der Waals surface area contributed by atoms with Gasteiger partial charge in [0.1, 0.15) is 6.29 Å². The monoisotopic (exact) mass is 545 g/mol. The third-order valence-electron chi connectivity index (χ3n) is 13.3. The van der Waals surface area contributed by atoms with Crippen LogP contribution in [0.15, 0.2) is 26.8 Å². The van der Waals surface area contributed by atoms with E-state index in [0.29, 0.717) is 11.7 Å². The zero-order valence-corrected chi connectivity index (χ0v) is 25.1. The van der Waals surface area contributed by atoms with E-state index in [9.17, 15) is 9.59 Å². The van der Waals surface area contributed by atoms with Crippen molar-refractivity contribution in [2.75, 3.05) is 0 Å². The highest BCUT2D eigenvalue weighted by atomic mass is 16.5. The van der Waals surface area contributed by atoms with Gasteiger partial charge in [0.05, 0.1) is 17.0 Å². The zero-order valence-electron chi connectivity index (χ0n) is 25.1. The topological polar surface area (TPSA) is 99.1 Å². The molecule has 214 valence electrons. The summed E-state index contributed by atoms with van der Waals surface area (Å²) < 4.78 is 11.9. The minimum Gasteiger partial charge on any atom is -0.425 e. The molecular formula is C33H43N3O4. The molecule has 40 heavy (non-hydrogen) atoms. The molecule has 2 heterocycles. The standard InChI is InChI=1S/C33H43N3O4/c1-19-35-36-27(39-19)33-12-10-28(2,3)16-21(33)25-22(38)14-24-29(4)15-20-17-34-40-26(20)30(5,18-37)23(29)8-9-31(24,6)32(25,7)11-13-33/h14,17-18,21,23,25H,8-13,15-16H2,1-7H3/t21-,23?,25-,29-,30-,31+,32+,33-/m0/s1. The number of aldehydes is 1. The van der Waals surface area contributed by atoms with Crippen LogP contribution in [-0.4, -0.2) is 27.4 Å². The van der Waals surface area contributed by atoms with Crippen LogP contribution in [-0.2, 0) is 26.8 Å². The molecule has 5 aliphatic rings. The van der Waals surface area contributed by atoms with Crippen LogP contribution in [0.1, 0.15) is 110 Å². The van der Waals surface area contributed by atoms with Gasteiger partial charge in [0.2, 0.25) is 11.8 Å². The maximum absolute atomic E-state index is 14.7. The number of fused-ring (bicyclic) bond motifs is 8. The number of nitrogens with zero attached hydrogens (tertiary/aromatic N) is 3. The summed E-state index contributed by atoms with van der Waals surface area (Å²) in [5, 5.41) is 12.9. The number of ketones is 1. The van der Waals surface area contributed by atoms with Crippen LogP contribution in [0.4, 0.5) is 0 Å². The van der Waals surface area contributed by atoms with Crippen LogP contribution >= 0.6 is 0 Å². The van der Waals surface area contributed by atoms with Gasteiger partial charge in [0, 0.05) is 18.4 Å². The largest absolute Gasteiger partial charge is 0.425 e. The predicted molar refractivity (Wildman–Crippen MR) is 148 cm³/mol. The zero-order chi connectivity index (χ0) is 28.5. The highest BCUT2D eigenvalue weighted by Gasteiger charge is 2.71. The number of hydrogen-bond acceptors (Lipinski definition) is 7. The van der Waals surface area contributed by atoms with E-state index in [-0.39, 0.29) is 50.6 Å². The first-order valence-electron chi connectivity index (χ1n) is 15.2. The first-order valence-corrected chi connectivity index (χ1v) is 15.2. The molecule has 5 aliphatic carbocycles. The lowest BCUT2D eigenvalue weighted by molar-refractivity contribution is -0.162. The molecule has 0 aliphatic heterocycles. The van der Waals surface area contributed by atoms with Gasteiger partial charge in [-0.25, -0.2) is 0 Å². The van der Waals surface area contributed by atoms with E-state index in [1.807, 2.05) is 19.9 Å². The molecule has 7 rings (SSSR count). The maximum atomic E-state index is 14.7. The number of hydrogen-bond donors (Lipinski definition) is 0. The quantitative estimate of drug-likeness (QED) is 0.398. The molecule has 0 saturated heterocycles. The molecule has 7 heteroatoms. The lowest BCUT2D eigenvalue weighted by atomic mass is 9.34. The molecule has 3 fully saturated rings. The van der Waals surface area contributed by atoms with Crippen molar-refractivity contribution in [2.45, 2.75) is 111 Å². The van der Waals surface area contributed by atoms with E-state index >= 15 is 0 Å². The molecule has 8 atom stereocenters. The van der Waals surface area contributed by atoms with Gasteiger partial charge in [0.25, 0.3) is 0 Å². The first kappa shape index (κ1) is 26.3. The van der Waals surface area contributed by atoms with E-state index in [2.05, 4.69) is 50.0 Å². The van der Waals surface area contributed by atoms with Crippen molar-refractivity contribution in [3.05, 3.63) is 41.0 Å². The fourth-order valence-corrected chi connectivity index (χ4v) is 11.0. The van der Waals surface area contributed by atoms with Crippen LogP contribution < -0.4 is 0 Å². The summed E-state index contributed by atoms with van der Waals surface area (Å²) >= 11 is 0. The third-order valence-corrected chi connectivity index (χ3v) is 13.3. The first-order chi connectivity index (χ1) is 18.7. The summed E-state index contributed by atoms with van der Waals surface area (Å²) in [4.78, 5) is 27.4. The average Bonchev–Trinajstić information content (AvgIpc) is 3.54. The molecule has 2 aromatic rings. The molecule has 2 aromatic heterocycles. The average molecular weight is 546 g/mol. The van der Waals surface area contributed by atoms with Crippen molar-refractivity contribution in [1.82, 2.24) is 15.4 Å². The predicted octanol–water partition coefficient (Wildman–Crippen LogP) is 6.49. The van der Waals surface area contributed by atoms with Crippen molar-refractivity contribution in [1.29, 1.82) is 0 Å². The number of aryl methyl sites for hydroxylation is 1. The smallest absolute Gasteiger partial charge is 0.222 e. The van der Waals surface area contributed by atoms with E-state index in [1.165, 1.54) is 5.57 Å². The van der Waals surface area contributed by atoms with E-state index in [1.54, 1.807) is 6.20 Å². The fourth-order valence-electron chi connectivity index (χ4n) is 11.0. The molecular weight excluding hydrogens is 502 g/mol. The summed E-state index contributed by atoms with van der Waals surface area (Å²) in [7, 11) is 0. The summed E-state index contributed by atoms with van der Waals surface area (Å²) in [6.07, 6.45) is 12.5. The van der Waals surface area contributed by atoms with Crippen molar-refractivity contribution in [2.24, 2.45) is 39.4 Å². The number of allylic oxidation sites excluding steroid dienone is 2. The van der Waals surface area contributed by atoms with Crippen molar-refractivity contribution < 1.29 is 18.5 Å². The summed E-state index contributed by atoms with van der Waals surface area (Å²) in [5.41, 5.74) is 0.701. The van der Waals surface area contributed by atoms with Gasteiger partial charge in [0.15, 0.2) is 11.5 Å². The van der Waals surface area contributed by atoms with Gasteiger partial charge in [-0.05, 0) is 97.9 Å². The van der Waals surface area contributed by atoms with Crippen molar-refractivity contribution >= 4 is 12.1 Å². The van der Waals surface area contributed by atoms with Crippen LogP contribution in [0.5, 0.6) is 0 Å².